The molecule has 0 aliphatic carbocycles. The van der Waals surface area contributed by atoms with E-state index in [9.17, 15) is 14.0 Å². The first kappa shape index (κ1) is 20.5. The number of hydrazone groups is 1. The number of rotatable bonds is 5. The van der Waals surface area contributed by atoms with Crippen molar-refractivity contribution in [3.8, 4) is 5.75 Å². The van der Waals surface area contributed by atoms with E-state index in [2.05, 4.69) is 10.5 Å². The molecule has 0 radical (unpaired) electrons. The molecule has 5 nitrogen and oxygen atoms in total. The first-order valence-corrected chi connectivity index (χ1v) is 9.05. The molecule has 29 heavy (non-hydrogen) atoms. The van der Waals surface area contributed by atoms with E-state index in [4.69, 9.17) is 27.9 Å². The van der Waals surface area contributed by atoms with E-state index in [-0.39, 0.29) is 21.9 Å². The van der Waals surface area contributed by atoms with E-state index in [1.165, 1.54) is 42.6 Å². The summed E-state index contributed by atoms with van der Waals surface area (Å²) in [6.45, 7) is 0. The highest BCUT2D eigenvalue weighted by Gasteiger charge is 2.13. The Bertz CT molecular complexity index is 1100. The zero-order valence-corrected chi connectivity index (χ0v) is 16.2. The highest BCUT2D eigenvalue weighted by molar-refractivity contribution is 6.36. The van der Waals surface area contributed by atoms with Crippen LogP contribution in [-0.2, 0) is 0 Å². The van der Waals surface area contributed by atoms with Gasteiger partial charge in [-0.05, 0) is 48.0 Å². The zero-order valence-electron chi connectivity index (χ0n) is 14.7. The fourth-order valence-corrected chi connectivity index (χ4v) is 2.83. The number of halogens is 3. The Balaban J connectivity index is 1.66. The lowest BCUT2D eigenvalue weighted by Gasteiger charge is -2.07. The molecular formula is C21H13Cl2FN2O3. The maximum Gasteiger partial charge on any atom is 0.345 e. The second kappa shape index (κ2) is 9.32. The van der Waals surface area contributed by atoms with Crippen LogP contribution < -0.4 is 10.2 Å². The zero-order chi connectivity index (χ0) is 20.8. The molecular weight excluding hydrogens is 418 g/mol. The van der Waals surface area contributed by atoms with Gasteiger partial charge in [-0.15, -0.1) is 0 Å². The monoisotopic (exact) mass is 430 g/mol. The minimum atomic E-state index is -0.681. The Morgan fingerprint density at radius 2 is 1.76 bits per heavy atom. The number of nitrogens with one attached hydrogen (secondary N) is 1. The van der Waals surface area contributed by atoms with Crippen molar-refractivity contribution in [2.75, 3.05) is 0 Å². The van der Waals surface area contributed by atoms with Gasteiger partial charge in [-0.25, -0.2) is 14.6 Å². The fourth-order valence-electron chi connectivity index (χ4n) is 2.35. The van der Waals surface area contributed by atoms with E-state index < -0.39 is 17.7 Å². The van der Waals surface area contributed by atoms with Crippen LogP contribution in [0.1, 0.15) is 26.3 Å². The van der Waals surface area contributed by atoms with Crippen LogP contribution in [0.15, 0.2) is 71.8 Å². The van der Waals surface area contributed by atoms with Crippen molar-refractivity contribution in [2.24, 2.45) is 5.10 Å². The predicted molar refractivity (Wildman–Crippen MR) is 109 cm³/mol. The number of nitrogens with zero attached hydrogens (tertiary/aromatic N) is 1. The van der Waals surface area contributed by atoms with Crippen LogP contribution in [0, 0.1) is 5.82 Å². The molecule has 0 aliphatic heterocycles. The second-order valence-electron chi connectivity index (χ2n) is 5.77. The van der Waals surface area contributed by atoms with E-state index >= 15 is 0 Å². The van der Waals surface area contributed by atoms with Crippen LogP contribution in [0.5, 0.6) is 5.75 Å². The quantitative estimate of drug-likeness (QED) is 0.264. The summed E-state index contributed by atoms with van der Waals surface area (Å²) < 4.78 is 18.9. The van der Waals surface area contributed by atoms with Gasteiger partial charge in [0.1, 0.15) is 11.6 Å². The number of esters is 1. The summed E-state index contributed by atoms with van der Waals surface area (Å²) in [5.74, 6) is -1.71. The Hall–Kier alpha value is -3.22. The highest BCUT2D eigenvalue weighted by atomic mass is 35.5. The maximum atomic E-state index is 13.6. The molecule has 8 heteroatoms. The van der Waals surface area contributed by atoms with E-state index in [0.29, 0.717) is 10.6 Å². The van der Waals surface area contributed by atoms with Crippen LogP contribution >= 0.6 is 23.2 Å². The molecule has 0 unspecified atom stereocenters. The largest absolute Gasteiger partial charge is 0.423 e. The number of amides is 1. The molecule has 146 valence electrons. The van der Waals surface area contributed by atoms with Crippen molar-refractivity contribution < 1.29 is 18.7 Å². The second-order valence-corrected chi connectivity index (χ2v) is 6.61. The highest BCUT2D eigenvalue weighted by Crippen LogP contribution is 2.23. The van der Waals surface area contributed by atoms with Gasteiger partial charge in [0.05, 0.1) is 22.4 Å². The average Bonchev–Trinajstić information content (AvgIpc) is 2.68. The first-order chi connectivity index (χ1) is 13.9. The number of carbonyl (C=O) groups excluding carboxylic acids is 2. The van der Waals surface area contributed by atoms with Gasteiger partial charge in [0.25, 0.3) is 5.91 Å². The van der Waals surface area contributed by atoms with Gasteiger partial charge >= 0.3 is 5.97 Å². The molecule has 0 atom stereocenters. The third kappa shape index (κ3) is 5.40. The van der Waals surface area contributed by atoms with Crippen molar-refractivity contribution in [3.63, 3.8) is 0 Å². The van der Waals surface area contributed by atoms with Gasteiger partial charge in [-0.2, -0.15) is 5.10 Å². The molecule has 0 saturated carbocycles. The molecule has 0 heterocycles. The number of benzene rings is 3. The third-order valence-corrected chi connectivity index (χ3v) is 4.27. The first-order valence-electron chi connectivity index (χ1n) is 8.29. The third-order valence-electron chi connectivity index (χ3n) is 3.72. The summed E-state index contributed by atoms with van der Waals surface area (Å²) in [6.07, 6.45) is 1.34. The van der Waals surface area contributed by atoms with Crippen LogP contribution in [0.2, 0.25) is 10.0 Å². The number of hydrogen-bond donors (Lipinski definition) is 1. The van der Waals surface area contributed by atoms with Crippen molar-refractivity contribution in [1.29, 1.82) is 0 Å². The summed E-state index contributed by atoms with van der Waals surface area (Å²) in [5.41, 5.74) is 2.84. The van der Waals surface area contributed by atoms with Gasteiger partial charge < -0.3 is 4.74 Å². The lowest BCUT2D eigenvalue weighted by Crippen LogP contribution is -2.18. The molecule has 0 aromatic heterocycles. The Morgan fingerprint density at radius 3 is 2.52 bits per heavy atom. The Kier molecular flexibility index (Phi) is 6.59. The van der Waals surface area contributed by atoms with Crippen molar-refractivity contribution in [3.05, 3.63) is 99.3 Å². The topological polar surface area (TPSA) is 67.8 Å². The molecule has 1 amide bonds. The minimum absolute atomic E-state index is 0.118. The molecule has 1 N–H and O–H groups in total. The molecule has 0 bridgehead atoms. The lowest BCUT2D eigenvalue weighted by atomic mass is 10.2. The summed E-state index contributed by atoms with van der Waals surface area (Å²) in [7, 11) is 0. The average molecular weight is 431 g/mol. The molecule has 3 aromatic rings. The summed E-state index contributed by atoms with van der Waals surface area (Å²) >= 11 is 11.8. The van der Waals surface area contributed by atoms with Crippen molar-refractivity contribution >= 4 is 41.3 Å². The Labute approximate surface area is 175 Å². The molecule has 0 aliphatic rings. The smallest absolute Gasteiger partial charge is 0.345 e. The fraction of sp³-hybridized carbons (Fsp3) is 0. The van der Waals surface area contributed by atoms with E-state index in [0.717, 1.165) is 0 Å². The lowest BCUT2D eigenvalue weighted by molar-refractivity contribution is 0.0734. The van der Waals surface area contributed by atoms with Gasteiger partial charge in [-0.1, -0.05) is 47.5 Å². The normalized spacial score (nSPS) is 10.7. The van der Waals surface area contributed by atoms with Crippen molar-refractivity contribution in [2.45, 2.75) is 0 Å². The van der Waals surface area contributed by atoms with Crippen LogP contribution in [-0.4, -0.2) is 18.1 Å². The summed E-state index contributed by atoms with van der Waals surface area (Å²) in [5, 5.41) is 4.38. The molecule has 0 saturated heterocycles. The van der Waals surface area contributed by atoms with E-state index in [1.54, 1.807) is 30.3 Å². The van der Waals surface area contributed by atoms with Crippen LogP contribution in [0.3, 0.4) is 0 Å². The molecule has 0 fully saturated rings. The number of carbonyl (C=O) groups is 2. The summed E-state index contributed by atoms with van der Waals surface area (Å²) in [4.78, 5) is 24.2. The van der Waals surface area contributed by atoms with Gasteiger partial charge in [-0.3, -0.25) is 4.79 Å². The van der Waals surface area contributed by atoms with Crippen LogP contribution in [0.4, 0.5) is 4.39 Å². The molecule has 3 aromatic carbocycles. The summed E-state index contributed by atoms with van der Waals surface area (Å²) in [6, 6.07) is 16.5. The number of hydrogen-bond acceptors (Lipinski definition) is 4. The van der Waals surface area contributed by atoms with Gasteiger partial charge in [0.2, 0.25) is 0 Å². The Morgan fingerprint density at radius 1 is 0.966 bits per heavy atom. The van der Waals surface area contributed by atoms with Gasteiger partial charge in [0, 0.05) is 5.02 Å². The standard InChI is InChI=1S/C21H13Cl2FN2O3/c22-14-8-9-16(18(23)11-14)21(28)29-15-5-3-4-13(10-15)12-25-26-20(27)17-6-1-2-7-19(17)24/h1-12H,(H,26,27)/b25-12+. The SMILES string of the molecule is O=C(N/N=C/c1cccc(OC(=O)c2ccc(Cl)cc2Cl)c1)c1ccccc1F. The molecule has 3 rings (SSSR count). The predicted octanol–water partition coefficient (Wildman–Crippen LogP) is 5.12. The van der Waals surface area contributed by atoms with E-state index in [1.807, 2.05) is 0 Å². The molecule has 0 spiro atoms. The van der Waals surface area contributed by atoms with Crippen LogP contribution in [0.25, 0.3) is 0 Å². The minimum Gasteiger partial charge on any atom is -0.423 e. The van der Waals surface area contributed by atoms with Gasteiger partial charge in [0.15, 0.2) is 0 Å². The number of ether oxygens (including phenoxy) is 1. The maximum absolute atomic E-state index is 13.6. The van der Waals surface area contributed by atoms with Crippen molar-refractivity contribution in [1.82, 2.24) is 5.43 Å².